The molecule has 2 N–H and O–H groups in total. The highest BCUT2D eigenvalue weighted by atomic mass is 32.1. The van der Waals surface area contributed by atoms with E-state index in [0.717, 1.165) is 43.0 Å². The first-order valence-electron chi connectivity index (χ1n) is 7.26. The lowest BCUT2D eigenvalue weighted by Crippen LogP contribution is -2.44. The van der Waals surface area contributed by atoms with Gasteiger partial charge in [-0.15, -0.1) is 5.10 Å². The molecule has 1 aromatic rings. The molecule has 5 nitrogen and oxygen atoms in total. The van der Waals surface area contributed by atoms with Gasteiger partial charge < -0.3 is 10.4 Å². The Morgan fingerprint density at radius 1 is 1.37 bits per heavy atom. The Morgan fingerprint density at radius 2 is 2.11 bits per heavy atom. The summed E-state index contributed by atoms with van der Waals surface area (Å²) in [5, 5.41) is 18.6. The summed E-state index contributed by atoms with van der Waals surface area (Å²) in [4.78, 5) is 2.53. The molecule has 0 amide bonds. The van der Waals surface area contributed by atoms with Gasteiger partial charge in [0.2, 0.25) is 0 Å². The van der Waals surface area contributed by atoms with Crippen LogP contribution in [0.25, 0.3) is 0 Å². The fraction of sp³-hybridized carbons (Fsp3) is 0.846. The van der Waals surface area contributed by atoms with Gasteiger partial charge in [-0.2, -0.15) is 0 Å². The zero-order valence-corrected chi connectivity index (χ0v) is 12.2. The van der Waals surface area contributed by atoms with Crippen LogP contribution in [0.4, 0.5) is 5.00 Å². The highest BCUT2D eigenvalue weighted by Gasteiger charge is 2.40. The summed E-state index contributed by atoms with van der Waals surface area (Å²) >= 11 is 1.45. The molecule has 0 spiro atoms. The van der Waals surface area contributed by atoms with E-state index in [2.05, 4.69) is 26.7 Å². The lowest BCUT2D eigenvalue weighted by Gasteiger charge is -2.36. The molecule has 1 aromatic heterocycles. The first-order valence-corrected chi connectivity index (χ1v) is 8.04. The third kappa shape index (κ3) is 2.75. The predicted octanol–water partition coefficient (Wildman–Crippen LogP) is 1.85. The van der Waals surface area contributed by atoms with E-state index in [4.69, 9.17) is 0 Å². The Kier molecular flexibility index (Phi) is 4.00. The fourth-order valence-electron chi connectivity index (χ4n) is 3.36. The van der Waals surface area contributed by atoms with Gasteiger partial charge in [-0.25, -0.2) is 0 Å². The fourth-order valence-corrected chi connectivity index (χ4v) is 3.96. The molecular formula is C13H22N4OS. The molecule has 2 saturated heterocycles. The van der Waals surface area contributed by atoms with Gasteiger partial charge in [0.05, 0.1) is 6.10 Å². The SMILES string of the molecule is CCCNc1snnc1CN1C2CCC1CC(O)C2. The number of nitrogens with one attached hydrogen (secondary N) is 1. The van der Waals surface area contributed by atoms with E-state index < -0.39 is 0 Å². The van der Waals surface area contributed by atoms with Crippen molar-refractivity contribution in [3.63, 3.8) is 0 Å². The van der Waals surface area contributed by atoms with Gasteiger partial charge >= 0.3 is 0 Å². The molecule has 6 heteroatoms. The number of hydrogen-bond donors (Lipinski definition) is 2. The summed E-state index contributed by atoms with van der Waals surface area (Å²) in [6.07, 6.45) is 5.30. The van der Waals surface area contributed by atoms with Gasteiger partial charge in [-0.3, -0.25) is 4.90 Å². The standard InChI is InChI=1S/C13H22N4OS/c1-2-5-14-13-12(15-16-19-13)8-17-9-3-4-10(17)7-11(18)6-9/h9-11,14,18H,2-8H2,1H3. The van der Waals surface area contributed by atoms with Crippen LogP contribution in [-0.2, 0) is 6.54 Å². The molecule has 3 heterocycles. The molecule has 2 aliphatic heterocycles. The zero-order chi connectivity index (χ0) is 13.2. The first-order chi connectivity index (χ1) is 9.28. The third-order valence-electron chi connectivity index (χ3n) is 4.28. The van der Waals surface area contributed by atoms with E-state index in [1.54, 1.807) is 0 Å². The molecule has 106 valence electrons. The van der Waals surface area contributed by atoms with Gasteiger partial charge in [0.15, 0.2) is 0 Å². The molecule has 2 fully saturated rings. The number of anilines is 1. The Bertz CT molecular complexity index is 411. The number of fused-ring (bicyclic) bond motifs is 2. The van der Waals surface area contributed by atoms with Gasteiger partial charge in [-0.1, -0.05) is 11.4 Å². The molecule has 2 bridgehead atoms. The molecule has 2 unspecified atom stereocenters. The summed E-state index contributed by atoms with van der Waals surface area (Å²) in [7, 11) is 0. The minimum absolute atomic E-state index is 0.0972. The number of aromatic nitrogens is 2. The van der Waals surface area contributed by atoms with Crippen LogP contribution in [-0.4, -0.2) is 44.3 Å². The maximum atomic E-state index is 9.84. The van der Waals surface area contributed by atoms with Gasteiger partial charge in [0.25, 0.3) is 0 Å². The third-order valence-corrected chi connectivity index (χ3v) is 5.01. The second kappa shape index (κ2) is 5.73. The highest BCUT2D eigenvalue weighted by molar-refractivity contribution is 7.10. The summed E-state index contributed by atoms with van der Waals surface area (Å²) in [5.74, 6) is 0. The quantitative estimate of drug-likeness (QED) is 0.863. The van der Waals surface area contributed by atoms with Crippen LogP contribution in [0.5, 0.6) is 0 Å². The van der Waals surface area contributed by atoms with E-state index in [-0.39, 0.29) is 6.10 Å². The Balaban J connectivity index is 1.67. The Hall–Kier alpha value is -0.720. The van der Waals surface area contributed by atoms with Crippen molar-refractivity contribution in [1.29, 1.82) is 0 Å². The molecule has 2 atom stereocenters. The number of aliphatic hydroxyl groups excluding tert-OH is 1. The average Bonchev–Trinajstić information content (AvgIpc) is 2.92. The number of piperidine rings is 1. The molecule has 0 radical (unpaired) electrons. The lowest BCUT2D eigenvalue weighted by molar-refractivity contribution is 0.0305. The predicted molar refractivity (Wildman–Crippen MR) is 76.3 cm³/mol. The van der Waals surface area contributed by atoms with Gasteiger partial charge in [0, 0.05) is 36.7 Å². The number of rotatable bonds is 5. The normalized spacial score (nSPS) is 30.7. The van der Waals surface area contributed by atoms with E-state index in [1.807, 2.05) is 0 Å². The molecule has 0 aliphatic carbocycles. The van der Waals surface area contributed by atoms with Crippen molar-refractivity contribution in [1.82, 2.24) is 14.5 Å². The number of nitrogens with zero attached hydrogens (tertiary/aromatic N) is 3. The van der Waals surface area contributed by atoms with E-state index in [1.165, 1.54) is 24.4 Å². The van der Waals surface area contributed by atoms with Crippen molar-refractivity contribution in [2.75, 3.05) is 11.9 Å². The summed E-state index contributed by atoms with van der Waals surface area (Å²) < 4.78 is 4.08. The molecule has 0 saturated carbocycles. The molecule has 19 heavy (non-hydrogen) atoms. The van der Waals surface area contributed by atoms with Crippen molar-refractivity contribution >= 4 is 16.5 Å². The van der Waals surface area contributed by atoms with Gasteiger partial charge in [-0.05, 0) is 32.1 Å². The zero-order valence-electron chi connectivity index (χ0n) is 11.4. The lowest BCUT2D eigenvalue weighted by atomic mass is 10.00. The minimum atomic E-state index is -0.0972. The van der Waals surface area contributed by atoms with E-state index in [0.29, 0.717) is 12.1 Å². The van der Waals surface area contributed by atoms with Crippen molar-refractivity contribution in [2.45, 2.75) is 63.8 Å². The Labute approximate surface area is 118 Å². The monoisotopic (exact) mass is 282 g/mol. The van der Waals surface area contributed by atoms with Crippen LogP contribution in [0.15, 0.2) is 0 Å². The highest BCUT2D eigenvalue weighted by Crippen LogP contribution is 2.37. The van der Waals surface area contributed by atoms with Crippen LogP contribution < -0.4 is 5.32 Å². The van der Waals surface area contributed by atoms with Crippen LogP contribution in [0.2, 0.25) is 0 Å². The Morgan fingerprint density at radius 3 is 2.79 bits per heavy atom. The maximum Gasteiger partial charge on any atom is 0.134 e. The van der Waals surface area contributed by atoms with Crippen molar-refractivity contribution < 1.29 is 5.11 Å². The smallest absolute Gasteiger partial charge is 0.134 e. The van der Waals surface area contributed by atoms with E-state index in [9.17, 15) is 5.11 Å². The van der Waals surface area contributed by atoms with Crippen LogP contribution in [0.1, 0.15) is 44.7 Å². The summed E-state index contributed by atoms with van der Waals surface area (Å²) in [5.41, 5.74) is 1.08. The summed E-state index contributed by atoms with van der Waals surface area (Å²) in [6, 6.07) is 1.07. The maximum absolute atomic E-state index is 9.84. The molecule has 3 rings (SSSR count). The van der Waals surface area contributed by atoms with Crippen LogP contribution in [0, 0.1) is 0 Å². The first kappa shape index (κ1) is 13.3. The topological polar surface area (TPSA) is 61.3 Å². The average molecular weight is 282 g/mol. The minimum Gasteiger partial charge on any atom is -0.393 e. The summed E-state index contributed by atoms with van der Waals surface area (Å²) in [6.45, 7) is 4.01. The largest absolute Gasteiger partial charge is 0.393 e. The van der Waals surface area contributed by atoms with Crippen molar-refractivity contribution in [3.8, 4) is 0 Å². The van der Waals surface area contributed by atoms with Crippen molar-refractivity contribution in [3.05, 3.63) is 5.69 Å². The second-order valence-corrected chi connectivity index (χ2v) is 6.41. The van der Waals surface area contributed by atoms with E-state index >= 15 is 0 Å². The van der Waals surface area contributed by atoms with Crippen LogP contribution >= 0.6 is 11.5 Å². The molecule has 2 aliphatic rings. The molecule has 0 aromatic carbocycles. The molecular weight excluding hydrogens is 260 g/mol. The van der Waals surface area contributed by atoms with Gasteiger partial charge in [0.1, 0.15) is 10.7 Å². The number of hydrogen-bond acceptors (Lipinski definition) is 6. The second-order valence-electron chi connectivity index (χ2n) is 5.66. The van der Waals surface area contributed by atoms with Crippen LogP contribution in [0.3, 0.4) is 0 Å². The number of aliphatic hydroxyl groups is 1. The van der Waals surface area contributed by atoms with Crippen molar-refractivity contribution in [2.24, 2.45) is 0 Å².